The molecule has 0 saturated carbocycles. The molecule has 0 radical (unpaired) electrons. The molecule has 0 aliphatic heterocycles. The number of carboxylic acids is 1. The second-order valence-electron chi connectivity index (χ2n) is 5.54. The van der Waals surface area contributed by atoms with E-state index in [4.69, 9.17) is 0 Å². The third-order valence-corrected chi connectivity index (χ3v) is 3.94. The lowest BCUT2D eigenvalue weighted by Crippen LogP contribution is -2.15. The smallest absolute Gasteiger partial charge is 0.339 e. The second-order valence-corrected chi connectivity index (χ2v) is 6.45. The van der Waals surface area contributed by atoms with Gasteiger partial charge in [-0.25, -0.2) is 9.78 Å². The van der Waals surface area contributed by atoms with Crippen LogP contribution in [0.5, 0.6) is 0 Å². The van der Waals surface area contributed by atoms with Gasteiger partial charge in [0.2, 0.25) is 0 Å². The molecule has 1 aromatic heterocycles. The molecule has 2 aromatic rings. The van der Waals surface area contributed by atoms with Crippen molar-refractivity contribution in [1.82, 2.24) is 9.88 Å². The summed E-state index contributed by atoms with van der Waals surface area (Å²) in [5.74, 6) is -0.584. The average molecular weight is 378 g/mol. The Bertz CT molecular complexity index is 672. The number of rotatable bonds is 7. The summed E-state index contributed by atoms with van der Waals surface area (Å²) in [4.78, 5) is 18.0. The summed E-state index contributed by atoms with van der Waals surface area (Å²) in [7, 11) is 4.01. The highest BCUT2D eigenvalue weighted by molar-refractivity contribution is 9.10. The van der Waals surface area contributed by atoms with Crippen LogP contribution in [0, 0.1) is 0 Å². The number of carboxylic acid groups (broad SMARTS) is 1. The minimum absolute atomic E-state index is 0.245. The van der Waals surface area contributed by atoms with E-state index < -0.39 is 5.97 Å². The highest BCUT2D eigenvalue weighted by Crippen LogP contribution is 2.24. The van der Waals surface area contributed by atoms with Crippen LogP contribution >= 0.6 is 15.9 Å². The van der Waals surface area contributed by atoms with Gasteiger partial charge in [-0.05, 0) is 69.4 Å². The van der Waals surface area contributed by atoms with Crippen LogP contribution in [0.3, 0.4) is 0 Å². The van der Waals surface area contributed by atoms with Crippen molar-refractivity contribution in [2.45, 2.75) is 12.8 Å². The van der Waals surface area contributed by atoms with Gasteiger partial charge in [0.25, 0.3) is 0 Å². The van der Waals surface area contributed by atoms with Crippen LogP contribution in [0.2, 0.25) is 0 Å². The Labute approximate surface area is 144 Å². The maximum Gasteiger partial charge on any atom is 0.339 e. The van der Waals surface area contributed by atoms with E-state index in [1.165, 1.54) is 0 Å². The number of aromatic carboxylic acids is 1. The van der Waals surface area contributed by atoms with Gasteiger partial charge in [0.1, 0.15) is 11.4 Å². The van der Waals surface area contributed by atoms with Gasteiger partial charge in [0.05, 0.1) is 0 Å². The Kier molecular flexibility index (Phi) is 6.12. The Balaban J connectivity index is 2.24. The predicted molar refractivity (Wildman–Crippen MR) is 95.5 cm³/mol. The molecule has 0 bridgehead atoms. The van der Waals surface area contributed by atoms with E-state index in [1.54, 1.807) is 12.3 Å². The van der Waals surface area contributed by atoms with Gasteiger partial charge >= 0.3 is 5.97 Å². The van der Waals surface area contributed by atoms with Gasteiger partial charge in [-0.3, -0.25) is 0 Å². The van der Waals surface area contributed by atoms with Gasteiger partial charge in [-0.2, -0.15) is 0 Å². The Morgan fingerprint density at radius 3 is 2.57 bits per heavy atom. The first-order chi connectivity index (χ1) is 11.0. The van der Waals surface area contributed by atoms with Crippen molar-refractivity contribution in [2.24, 2.45) is 0 Å². The summed E-state index contributed by atoms with van der Waals surface area (Å²) in [5.41, 5.74) is 1.84. The van der Waals surface area contributed by atoms with Gasteiger partial charge in [0, 0.05) is 16.4 Å². The monoisotopic (exact) mass is 377 g/mol. The summed E-state index contributed by atoms with van der Waals surface area (Å²) >= 11 is 3.38. The molecular weight excluding hydrogens is 358 g/mol. The molecule has 2 rings (SSSR count). The standard InChI is InChI=1S/C17H20BrN3O2/c1-21(2)11-3-4-12-9-10-19-16(15(12)17(22)23)20-14-7-5-13(18)6-8-14/h5-10H,3-4,11H2,1-2H3,(H,19,20)(H,22,23). The molecule has 1 heterocycles. The lowest BCUT2D eigenvalue weighted by Gasteiger charge is -2.14. The van der Waals surface area contributed by atoms with Crippen LogP contribution in [0.25, 0.3) is 0 Å². The highest BCUT2D eigenvalue weighted by atomic mass is 79.9. The number of aromatic nitrogens is 1. The summed E-state index contributed by atoms with van der Waals surface area (Å²) in [5, 5.41) is 12.7. The number of anilines is 2. The second kappa shape index (κ2) is 8.08. The number of nitrogens with one attached hydrogen (secondary N) is 1. The van der Waals surface area contributed by atoms with E-state index in [2.05, 4.69) is 31.1 Å². The van der Waals surface area contributed by atoms with Crippen LogP contribution in [-0.4, -0.2) is 41.6 Å². The first kappa shape index (κ1) is 17.4. The first-order valence-electron chi connectivity index (χ1n) is 7.36. The average Bonchev–Trinajstić information content (AvgIpc) is 2.49. The Hall–Kier alpha value is -1.92. The zero-order valence-electron chi connectivity index (χ0n) is 13.2. The van der Waals surface area contributed by atoms with Crippen LogP contribution in [0.4, 0.5) is 11.5 Å². The number of pyridine rings is 1. The van der Waals surface area contributed by atoms with Crippen molar-refractivity contribution in [1.29, 1.82) is 0 Å². The molecule has 0 aliphatic carbocycles. The predicted octanol–water partition coefficient (Wildman–Crippen LogP) is 3.78. The fraction of sp³-hybridized carbons (Fsp3) is 0.294. The van der Waals surface area contributed by atoms with E-state index in [0.29, 0.717) is 12.2 Å². The molecule has 0 atom stereocenters. The van der Waals surface area contributed by atoms with E-state index in [1.807, 2.05) is 38.4 Å². The Morgan fingerprint density at radius 1 is 1.26 bits per heavy atom. The molecule has 0 aliphatic rings. The zero-order chi connectivity index (χ0) is 16.8. The van der Waals surface area contributed by atoms with Crippen LogP contribution in [0.15, 0.2) is 41.0 Å². The number of halogens is 1. The van der Waals surface area contributed by atoms with Gasteiger partial charge in [0.15, 0.2) is 0 Å². The van der Waals surface area contributed by atoms with Crippen LogP contribution < -0.4 is 5.32 Å². The number of aryl methyl sites for hydroxylation is 1. The van der Waals surface area contributed by atoms with E-state index in [0.717, 1.165) is 28.7 Å². The van der Waals surface area contributed by atoms with Crippen LogP contribution in [0.1, 0.15) is 22.3 Å². The molecule has 0 fully saturated rings. The SMILES string of the molecule is CN(C)CCCc1ccnc(Nc2ccc(Br)cc2)c1C(=O)O. The van der Waals surface area contributed by atoms with Crippen LogP contribution in [-0.2, 0) is 6.42 Å². The number of hydrogen-bond acceptors (Lipinski definition) is 4. The Morgan fingerprint density at radius 2 is 1.96 bits per heavy atom. The number of benzene rings is 1. The molecule has 0 unspecified atom stereocenters. The molecule has 1 aromatic carbocycles. The van der Waals surface area contributed by atoms with E-state index >= 15 is 0 Å². The fourth-order valence-corrected chi connectivity index (χ4v) is 2.56. The van der Waals surface area contributed by atoms with Crippen molar-refractivity contribution >= 4 is 33.4 Å². The first-order valence-corrected chi connectivity index (χ1v) is 8.15. The van der Waals surface area contributed by atoms with Crippen molar-refractivity contribution in [3.05, 3.63) is 52.1 Å². The van der Waals surface area contributed by atoms with Crippen molar-refractivity contribution in [3.63, 3.8) is 0 Å². The van der Waals surface area contributed by atoms with E-state index in [9.17, 15) is 9.90 Å². The number of carbonyl (C=O) groups is 1. The van der Waals surface area contributed by atoms with Gasteiger partial charge in [-0.15, -0.1) is 0 Å². The molecule has 5 nitrogen and oxygen atoms in total. The topological polar surface area (TPSA) is 65.5 Å². The summed E-state index contributed by atoms with van der Waals surface area (Å²) in [6, 6.07) is 9.31. The highest BCUT2D eigenvalue weighted by Gasteiger charge is 2.17. The molecular formula is C17H20BrN3O2. The van der Waals surface area contributed by atoms with E-state index in [-0.39, 0.29) is 5.56 Å². The van der Waals surface area contributed by atoms with Gasteiger partial charge in [-0.1, -0.05) is 15.9 Å². The summed E-state index contributed by atoms with van der Waals surface area (Å²) in [6.07, 6.45) is 3.25. The van der Waals surface area contributed by atoms with Crippen molar-refractivity contribution in [3.8, 4) is 0 Å². The third kappa shape index (κ3) is 5.04. The molecule has 122 valence electrons. The zero-order valence-corrected chi connectivity index (χ0v) is 14.8. The van der Waals surface area contributed by atoms with Crippen molar-refractivity contribution < 1.29 is 9.90 Å². The summed E-state index contributed by atoms with van der Waals surface area (Å²) in [6.45, 7) is 0.914. The molecule has 23 heavy (non-hydrogen) atoms. The quantitative estimate of drug-likeness (QED) is 0.768. The van der Waals surface area contributed by atoms with Gasteiger partial charge < -0.3 is 15.3 Å². The molecule has 2 N–H and O–H groups in total. The third-order valence-electron chi connectivity index (χ3n) is 3.41. The molecule has 0 amide bonds. The minimum atomic E-state index is -0.961. The molecule has 0 saturated heterocycles. The lowest BCUT2D eigenvalue weighted by molar-refractivity contribution is 0.0696. The maximum atomic E-state index is 11.7. The molecule has 6 heteroatoms. The minimum Gasteiger partial charge on any atom is -0.478 e. The fourth-order valence-electron chi connectivity index (χ4n) is 2.30. The number of hydrogen-bond donors (Lipinski definition) is 2. The normalized spacial score (nSPS) is 10.8. The van der Waals surface area contributed by atoms with Crippen molar-refractivity contribution in [2.75, 3.05) is 26.0 Å². The molecule has 0 spiro atoms. The summed E-state index contributed by atoms with van der Waals surface area (Å²) < 4.78 is 0.965. The lowest BCUT2D eigenvalue weighted by atomic mass is 10.0. The largest absolute Gasteiger partial charge is 0.478 e. The maximum absolute atomic E-state index is 11.7. The number of nitrogens with zero attached hydrogens (tertiary/aromatic N) is 2.